The molecule has 0 aliphatic heterocycles. The third-order valence-electron chi connectivity index (χ3n) is 1.29. The molecule has 0 radical (unpaired) electrons. The Labute approximate surface area is 98.1 Å². The summed E-state index contributed by atoms with van der Waals surface area (Å²) in [4.78, 5) is 0. The topological polar surface area (TPSA) is 57.2 Å². The molecule has 0 rings (SSSR count). The van der Waals surface area contributed by atoms with Crippen molar-refractivity contribution in [2.75, 3.05) is 5.33 Å². The largest absolute Gasteiger partial charge is 1.00 e. The van der Waals surface area contributed by atoms with Crippen molar-refractivity contribution >= 4 is 26.0 Å². The smallest absolute Gasteiger partial charge is 0.748 e. The van der Waals surface area contributed by atoms with Crippen LogP contribution in [0.4, 0.5) is 0 Å². The van der Waals surface area contributed by atoms with Crippen molar-refractivity contribution < 1.29 is 42.5 Å². The Morgan fingerprint density at radius 1 is 1.55 bits per heavy atom. The van der Waals surface area contributed by atoms with Gasteiger partial charge in [-0.25, -0.2) is 8.42 Å². The van der Waals surface area contributed by atoms with Gasteiger partial charge in [0.2, 0.25) is 0 Å². The summed E-state index contributed by atoms with van der Waals surface area (Å²) in [5.74, 6) is 0. The molecule has 1 unspecified atom stereocenters. The van der Waals surface area contributed by atoms with E-state index in [2.05, 4.69) is 15.9 Å². The van der Waals surface area contributed by atoms with Crippen LogP contribution < -0.4 is 29.6 Å². The minimum Gasteiger partial charge on any atom is -0.748 e. The summed E-state index contributed by atoms with van der Waals surface area (Å²) in [5.41, 5.74) is 0. The minimum atomic E-state index is -4.06. The summed E-state index contributed by atoms with van der Waals surface area (Å²) in [5, 5.41) is -0.153. The fraction of sp³-hybridized carbons (Fsp3) is 1.00. The van der Waals surface area contributed by atoms with Gasteiger partial charge >= 0.3 is 29.6 Å². The molecule has 0 fully saturated rings. The van der Waals surface area contributed by atoms with Crippen molar-refractivity contribution in [3.05, 3.63) is 0 Å². The first kappa shape index (κ1) is 14.9. The van der Waals surface area contributed by atoms with E-state index in [1.807, 2.05) is 0 Å². The van der Waals surface area contributed by atoms with E-state index < -0.39 is 15.4 Å². The summed E-state index contributed by atoms with van der Waals surface area (Å²) < 4.78 is 31.1. The molecule has 0 spiro atoms. The number of rotatable bonds is 4. The molecule has 0 saturated heterocycles. The molecule has 0 aromatic heterocycles. The maximum atomic E-state index is 10.4. The predicted molar refractivity (Wildman–Crippen MR) is 42.2 cm³/mol. The van der Waals surface area contributed by atoms with Gasteiger partial charge in [0.15, 0.2) is 0 Å². The van der Waals surface area contributed by atoms with Crippen molar-refractivity contribution in [3.8, 4) is 0 Å². The van der Waals surface area contributed by atoms with Gasteiger partial charge in [-0.05, 0) is 12.8 Å². The normalized spacial score (nSPS) is 13.7. The molecule has 0 aromatic rings. The van der Waals surface area contributed by atoms with Crippen molar-refractivity contribution in [3.63, 3.8) is 0 Å². The van der Waals surface area contributed by atoms with E-state index in [1.165, 1.54) is 0 Å². The van der Waals surface area contributed by atoms with Gasteiger partial charge < -0.3 is 4.55 Å². The molecule has 0 N–H and O–H groups in total. The third kappa shape index (κ3) is 6.54. The average Bonchev–Trinajstić information content (AvgIpc) is 1.80. The van der Waals surface area contributed by atoms with Gasteiger partial charge in [-0.3, -0.25) is 0 Å². The van der Waals surface area contributed by atoms with Gasteiger partial charge in [0.25, 0.3) is 0 Å². The van der Waals surface area contributed by atoms with Crippen LogP contribution in [-0.2, 0) is 10.1 Å². The van der Waals surface area contributed by atoms with E-state index in [9.17, 15) is 13.0 Å². The fourth-order valence-corrected chi connectivity index (χ4v) is 2.34. The molecule has 0 aromatic carbocycles. The maximum absolute atomic E-state index is 10.4. The Morgan fingerprint density at radius 3 is 2.09 bits per heavy atom. The minimum absolute atomic E-state index is 0. The summed E-state index contributed by atoms with van der Waals surface area (Å²) in [7, 11) is -4.06. The quantitative estimate of drug-likeness (QED) is 0.334. The van der Waals surface area contributed by atoms with Gasteiger partial charge in [-0.15, -0.1) is 0 Å². The van der Waals surface area contributed by atoms with E-state index in [-0.39, 0.29) is 29.6 Å². The molecule has 0 heterocycles. The van der Waals surface area contributed by atoms with Crippen molar-refractivity contribution in [1.29, 1.82) is 0 Å². The molecule has 0 aliphatic rings. The summed E-state index contributed by atoms with van der Waals surface area (Å²) in [6.07, 6.45) is 0.805. The van der Waals surface area contributed by atoms with Crippen molar-refractivity contribution in [2.24, 2.45) is 0 Å². The number of alkyl halides is 1. The Morgan fingerprint density at radius 2 is 2.00 bits per heavy atom. The summed E-state index contributed by atoms with van der Waals surface area (Å²) in [6.45, 7) is 1.70. The van der Waals surface area contributed by atoms with Crippen LogP contribution in [0, 0.1) is 0 Å². The standard InChI is InChI=1S/C5H11BrO3S.Na/c1-2-5(3-4-6)10(7,8)9;/h5H,2-4H2,1H3,(H,7,8,9);/q;+1/p-1. The first-order valence-corrected chi connectivity index (χ1v) is 5.62. The van der Waals surface area contributed by atoms with Crippen LogP contribution in [0.15, 0.2) is 0 Å². The molecular formula is C5H10BrNaO3S. The van der Waals surface area contributed by atoms with Crippen LogP contribution in [0.3, 0.4) is 0 Å². The van der Waals surface area contributed by atoms with Crippen molar-refractivity contribution in [1.82, 2.24) is 0 Å². The zero-order valence-corrected chi connectivity index (χ0v) is 11.1. The molecule has 6 heteroatoms. The molecule has 0 amide bonds. The molecule has 0 aliphatic carbocycles. The van der Waals surface area contributed by atoms with Crippen LogP contribution in [-0.4, -0.2) is 23.6 Å². The number of hydrogen-bond acceptors (Lipinski definition) is 3. The van der Waals surface area contributed by atoms with Gasteiger partial charge in [0.1, 0.15) is 0 Å². The molecule has 62 valence electrons. The van der Waals surface area contributed by atoms with E-state index in [0.717, 1.165) is 0 Å². The van der Waals surface area contributed by atoms with Crippen LogP contribution in [0.5, 0.6) is 0 Å². The fourth-order valence-electron chi connectivity index (χ4n) is 0.674. The second-order valence-corrected chi connectivity index (χ2v) is 4.45. The van der Waals surface area contributed by atoms with Crippen LogP contribution in [0.2, 0.25) is 0 Å². The number of halogens is 1. The summed E-state index contributed by atoms with van der Waals surface area (Å²) in [6, 6.07) is 0. The molecular weight excluding hydrogens is 243 g/mol. The predicted octanol–water partition coefficient (Wildman–Crippen LogP) is -1.90. The van der Waals surface area contributed by atoms with Crippen LogP contribution >= 0.6 is 15.9 Å². The van der Waals surface area contributed by atoms with Gasteiger partial charge in [-0.2, -0.15) is 0 Å². The Kier molecular flexibility index (Phi) is 9.28. The molecule has 3 nitrogen and oxygen atoms in total. The Hall–Kier alpha value is 1.39. The average molecular weight is 253 g/mol. The third-order valence-corrected chi connectivity index (χ3v) is 3.14. The zero-order valence-electron chi connectivity index (χ0n) is 6.71. The van der Waals surface area contributed by atoms with E-state index in [0.29, 0.717) is 18.2 Å². The van der Waals surface area contributed by atoms with Gasteiger partial charge in [0, 0.05) is 5.33 Å². The monoisotopic (exact) mass is 252 g/mol. The van der Waals surface area contributed by atoms with E-state index in [4.69, 9.17) is 0 Å². The Bertz CT molecular complexity index is 180. The van der Waals surface area contributed by atoms with Gasteiger partial charge in [0.05, 0.1) is 15.4 Å². The first-order valence-electron chi connectivity index (χ1n) is 3.03. The number of hydrogen-bond donors (Lipinski definition) is 0. The molecule has 0 bridgehead atoms. The second-order valence-electron chi connectivity index (χ2n) is 2.00. The van der Waals surface area contributed by atoms with Crippen molar-refractivity contribution in [2.45, 2.75) is 25.0 Å². The molecule has 11 heavy (non-hydrogen) atoms. The van der Waals surface area contributed by atoms with E-state index in [1.54, 1.807) is 6.92 Å². The maximum Gasteiger partial charge on any atom is 1.00 e. The molecule has 0 saturated carbocycles. The SMILES string of the molecule is CCC(CCBr)S(=O)(=O)[O-].[Na+]. The van der Waals surface area contributed by atoms with E-state index >= 15 is 0 Å². The van der Waals surface area contributed by atoms with Crippen LogP contribution in [0.1, 0.15) is 19.8 Å². The first-order chi connectivity index (χ1) is 4.52. The van der Waals surface area contributed by atoms with Crippen LogP contribution in [0.25, 0.3) is 0 Å². The Balaban J connectivity index is 0. The zero-order chi connectivity index (χ0) is 8.20. The summed E-state index contributed by atoms with van der Waals surface area (Å²) >= 11 is 3.08. The second kappa shape index (κ2) is 6.86. The van der Waals surface area contributed by atoms with Gasteiger partial charge in [-0.1, -0.05) is 22.9 Å². The molecule has 1 atom stereocenters.